The molecule has 0 aliphatic heterocycles. The summed E-state index contributed by atoms with van der Waals surface area (Å²) < 4.78 is 18.9. The van der Waals surface area contributed by atoms with Crippen LogP contribution in [0.2, 0.25) is 0 Å². The van der Waals surface area contributed by atoms with E-state index in [1.165, 1.54) is 18.2 Å². The standard InChI is InChI=1S/C16H15FN2O2/c17-15-11-13(6-5-12(15)3-1-8-18)16(20)19-9-7-14-4-2-10-21-14/h2,4-6,10-11H,7-9,18H2,(H,19,20). The number of carbonyl (C=O) groups excluding carboxylic acids is 1. The van der Waals surface area contributed by atoms with Gasteiger partial charge < -0.3 is 15.5 Å². The molecule has 0 saturated carbocycles. The van der Waals surface area contributed by atoms with Crippen LogP contribution in [-0.2, 0) is 6.42 Å². The Labute approximate surface area is 122 Å². The fourth-order valence-electron chi connectivity index (χ4n) is 1.76. The van der Waals surface area contributed by atoms with E-state index in [-0.39, 0.29) is 23.6 Å². The second kappa shape index (κ2) is 7.27. The molecule has 0 aliphatic rings. The van der Waals surface area contributed by atoms with Crippen molar-refractivity contribution in [1.29, 1.82) is 0 Å². The molecule has 1 aromatic heterocycles. The molecule has 2 aromatic rings. The van der Waals surface area contributed by atoms with E-state index >= 15 is 0 Å². The van der Waals surface area contributed by atoms with Crippen LogP contribution < -0.4 is 11.1 Å². The van der Waals surface area contributed by atoms with Gasteiger partial charge in [-0.15, -0.1) is 0 Å². The lowest BCUT2D eigenvalue weighted by molar-refractivity contribution is 0.0953. The number of benzene rings is 1. The van der Waals surface area contributed by atoms with Gasteiger partial charge in [0.05, 0.1) is 18.4 Å². The molecule has 3 N–H and O–H groups in total. The van der Waals surface area contributed by atoms with Gasteiger partial charge >= 0.3 is 0 Å². The zero-order valence-corrected chi connectivity index (χ0v) is 11.4. The van der Waals surface area contributed by atoms with Crippen LogP contribution in [0.15, 0.2) is 41.0 Å². The van der Waals surface area contributed by atoms with Gasteiger partial charge in [-0.2, -0.15) is 0 Å². The van der Waals surface area contributed by atoms with Crippen LogP contribution >= 0.6 is 0 Å². The Morgan fingerprint density at radius 3 is 2.90 bits per heavy atom. The Morgan fingerprint density at radius 2 is 2.24 bits per heavy atom. The number of furan rings is 1. The van der Waals surface area contributed by atoms with E-state index in [9.17, 15) is 9.18 Å². The maximum absolute atomic E-state index is 13.7. The molecule has 0 saturated heterocycles. The lowest BCUT2D eigenvalue weighted by Gasteiger charge is -2.05. The van der Waals surface area contributed by atoms with Crippen molar-refractivity contribution in [3.05, 3.63) is 59.3 Å². The van der Waals surface area contributed by atoms with Gasteiger partial charge in [-0.1, -0.05) is 11.8 Å². The molecule has 0 fully saturated rings. The van der Waals surface area contributed by atoms with Crippen LogP contribution in [0.4, 0.5) is 4.39 Å². The predicted octanol–water partition coefficient (Wildman–Crippen LogP) is 1.70. The third kappa shape index (κ3) is 4.20. The first-order valence-corrected chi connectivity index (χ1v) is 6.50. The van der Waals surface area contributed by atoms with Crippen molar-refractivity contribution < 1.29 is 13.6 Å². The molecule has 5 heteroatoms. The van der Waals surface area contributed by atoms with Gasteiger partial charge in [-0.05, 0) is 30.3 Å². The second-order valence-electron chi connectivity index (χ2n) is 4.29. The smallest absolute Gasteiger partial charge is 0.251 e. The highest BCUT2D eigenvalue weighted by Crippen LogP contribution is 2.09. The molecule has 1 aromatic carbocycles. The average Bonchev–Trinajstić information content (AvgIpc) is 2.99. The summed E-state index contributed by atoms with van der Waals surface area (Å²) >= 11 is 0. The number of amides is 1. The normalized spacial score (nSPS) is 9.81. The van der Waals surface area contributed by atoms with Gasteiger partial charge in [-0.3, -0.25) is 4.79 Å². The van der Waals surface area contributed by atoms with Crippen LogP contribution in [0.25, 0.3) is 0 Å². The van der Waals surface area contributed by atoms with Crippen molar-refractivity contribution in [3.63, 3.8) is 0 Å². The van der Waals surface area contributed by atoms with Crippen LogP contribution in [0.1, 0.15) is 21.7 Å². The summed E-state index contributed by atoms with van der Waals surface area (Å²) in [6, 6.07) is 7.79. The van der Waals surface area contributed by atoms with Crippen LogP contribution in [0.3, 0.4) is 0 Å². The fraction of sp³-hybridized carbons (Fsp3) is 0.188. The van der Waals surface area contributed by atoms with Gasteiger partial charge in [0, 0.05) is 18.5 Å². The monoisotopic (exact) mass is 286 g/mol. The minimum atomic E-state index is -0.533. The molecule has 0 atom stereocenters. The summed E-state index contributed by atoms with van der Waals surface area (Å²) in [5.41, 5.74) is 5.72. The van der Waals surface area contributed by atoms with Crippen LogP contribution in [-0.4, -0.2) is 19.0 Å². The molecule has 1 heterocycles. The summed E-state index contributed by atoms with van der Waals surface area (Å²) in [5.74, 6) is 5.10. The first-order chi connectivity index (χ1) is 10.2. The molecule has 21 heavy (non-hydrogen) atoms. The third-order valence-corrected chi connectivity index (χ3v) is 2.79. The SMILES string of the molecule is NCC#Cc1ccc(C(=O)NCCc2ccco2)cc1F. The van der Waals surface area contributed by atoms with E-state index in [4.69, 9.17) is 10.2 Å². The highest BCUT2D eigenvalue weighted by Gasteiger charge is 2.08. The van der Waals surface area contributed by atoms with Crippen LogP contribution in [0.5, 0.6) is 0 Å². The Balaban J connectivity index is 1.94. The molecule has 1 amide bonds. The topological polar surface area (TPSA) is 68.3 Å². The number of hydrogen-bond acceptors (Lipinski definition) is 3. The molecule has 0 aliphatic carbocycles. The first kappa shape index (κ1) is 14.8. The number of nitrogens with two attached hydrogens (primary N) is 1. The minimum Gasteiger partial charge on any atom is -0.469 e. The van der Waals surface area contributed by atoms with Crippen molar-refractivity contribution in [1.82, 2.24) is 5.32 Å². The number of nitrogens with one attached hydrogen (secondary N) is 1. The third-order valence-electron chi connectivity index (χ3n) is 2.79. The molecule has 0 unspecified atom stereocenters. The van der Waals surface area contributed by atoms with E-state index in [1.54, 1.807) is 12.3 Å². The number of carbonyl (C=O) groups is 1. The molecule has 0 spiro atoms. The predicted molar refractivity (Wildman–Crippen MR) is 77.1 cm³/mol. The molecular formula is C16H15FN2O2. The molecule has 4 nitrogen and oxygen atoms in total. The lowest BCUT2D eigenvalue weighted by Crippen LogP contribution is -2.25. The zero-order valence-electron chi connectivity index (χ0n) is 11.4. The second-order valence-corrected chi connectivity index (χ2v) is 4.29. The van der Waals surface area contributed by atoms with Crippen molar-refractivity contribution >= 4 is 5.91 Å². The summed E-state index contributed by atoms with van der Waals surface area (Å²) in [6.07, 6.45) is 2.16. The van der Waals surface area contributed by atoms with Gasteiger partial charge in [0.1, 0.15) is 11.6 Å². The minimum absolute atomic E-state index is 0.161. The summed E-state index contributed by atoms with van der Waals surface area (Å²) in [4.78, 5) is 11.9. The maximum Gasteiger partial charge on any atom is 0.251 e. The molecule has 2 rings (SSSR count). The lowest BCUT2D eigenvalue weighted by atomic mass is 10.1. The summed E-state index contributed by atoms with van der Waals surface area (Å²) in [6.45, 7) is 0.581. The zero-order chi connectivity index (χ0) is 15.1. The fourth-order valence-corrected chi connectivity index (χ4v) is 1.76. The quantitative estimate of drug-likeness (QED) is 0.841. The van der Waals surface area contributed by atoms with E-state index < -0.39 is 5.82 Å². The van der Waals surface area contributed by atoms with Gasteiger partial charge in [-0.25, -0.2) is 4.39 Å². The van der Waals surface area contributed by atoms with Crippen LogP contribution in [0, 0.1) is 17.7 Å². The maximum atomic E-state index is 13.7. The largest absolute Gasteiger partial charge is 0.469 e. The number of rotatable bonds is 4. The molecule has 108 valence electrons. The van der Waals surface area contributed by atoms with Crippen molar-refractivity contribution in [2.75, 3.05) is 13.1 Å². The Bertz CT molecular complexity index is 669. The Kier molecular flexibility index (Phi) is 5.13. The summed E-state index contributed by atoms with van der Waals surface area (Å²) in [7, 11) is 0. The summed E-state index contributed by atoms with van der Waals surface area (Å²) in [5, 5.41) is 2.71. The molecule has 0 radical (unpaired) electrons. The average molecular weight is 286 g/mol. The Hall–Kier alpha value is -2.58. The van der Waals surface area contributed by atoms with E-state index in [1.807, 2.05) is 6.07 Å². The van der Waals surface area contributed by atoms with E-state index in [0.717, 1.165) is 5.76 Å². The van der Waals surface area contributed by atoms with E-state index in [2.05, 4.69) is 17.2 Å². The molecular weight excluding hydrogens is 271 g/mol. The van der Waals surface area contributed by atoms with Gasteiger partial charge in [0.15, 0.2) is 0 Å². The van der Waals surface area contributed by atoms with E-state index in [0.29, 0.717) is 13.0 Å². The highest BCUT2D eigenvalue weighted by molar-refractivity contribution is 5.94. The van der Waals surface area contributed by atoms with Crippen molar-refractivity contribution in [2.45, 2.75) is 6.42 Å². The van der Waals surface area contributed by atoms with Crippen molar-refractivity contribution in [2.24, 2.45) is 5.73 Å². The van der Waals surface area contributed by atoms with Gasteiger partial charge in [0.25, 0.3) is 5.91 Å². The van der Waals surface area contributed by atoms with Gasteiger partial charge in [0.2, 0.25) is 0 Å². The number of halogens is 1. The highest BCUT2D eigenvalue weighted by atomic mass is 19.1. The number of hydrogen-bond donors (Lipinski definition) is 2. The van der Waals surface area contributed by atoms with Crippen molar-refractivity contribution in [3.8, 4) is 11.8 Å². The first-order valence-electron chi connectivity index (χ1n) is 6.50. The molecule has 0 bridgehead atoms. The Morgan fingerprint density at radius 1 is 1.38 bits per heavy atom.